The second-order valence-electron chi connectivity index (χ2n) is 5.13. The number of imidazole rings is 1. The number of hydrogen-bond donors (Lipinski definition) is 1. The van der Waals surface area contributed by atoms with E-state index in [1.54, 1.807) is 0 Å². The zero-order valence-corrected chi connectivity index (χ0v) is 10.8. The van der Waals surface area contributed by atoms with E-state index in [1.807, 2.05) is 18.7 Å². The summed E-state index contributed by atoms with van der Waals surface area (Å²) in [5.74, 6) is 0.716. The van der Waals surface area contributed by atoms with Crippen LogP contribution in [0.15, 0.2) is 18.7 Å². The Kier molecular flexibility index (Phi) is 4.57. The minimum atomic E-state index is 0.392. The molecule has 4 nitrogen and oxygen atoms in total. The zero-order valence-electron chi connectivity index (χ0n) is 10.8. The molecule has 1 saturated heterocycles. The van der Waals surface area contributed by atoms with Crippen LogP contribution in [0.4, 0.5) is 0 Å². The summed E-state index contributed by atoms with van der Waals surface area (Å²) in [7, 11) is 0. The van der Waals surface area contributed by atoms with Gasteiger partial charge in [0.15, 0.2) is 0 Å². The lowest BCUT2D eigenvalue weighted by Crippen LogP contribution is -2.30. The fourth-order valence-corrected chi connectivity index (χ4v) is 2.74. The van der Waals surface area contributed by atoms with Gasteiger partial charge in [-0.05, 0) is 25.3 Å². The molecule has 1 aromatic heterocycles. The monoisotopic (exact) mass is 236 g/mol. The second kappa shape index (κ2) is 6.17. The molecule has 0 aromatic carbocycles. The quantitative estimate of drug-likeness (QED) is 0.810. The third-order valence-corrected chi connectivity index (χ3v) is 3.68. The van der Waals surface area contributed by atoms with Crippen molar-refractivity contribution in [3.05, 3.63) is 18.7 Å². The first-order valence-corrected chi connectivity index (χ1v) is 6.73. The molecule has 1 aliphatic heterocycles. The molecule has 1 aliphatic rings. The largest absolute Gasteiger partial charge is 0.337 e. The van der Waals surface area contributed by atoms with E-state index in [4.69, 9.17) is 5.73 Å². The normalized spacial score (nSPS) is 25.5. The standard InChI is InChI=1S/C13H24N4/c1-2-4-12-9-17(10-13(12)14)7-3-6-16-8-5-15-11-16/h5,8,11-13H,2-4,6-7,9-10,14H2,1H3/t12-,13-/m0/s1. The van der Waals surface area contributed by atoms with E-state index in [2.05, 4.69) is 21.4 Å². The minimum absolute atomic E-state index is 0.392. The van der Waals surface area contributed by atoms with Crippen LogP contribution in [0, 0.1) is 5.92 Å². The van der Waals surface area contributed by atoms with Crippen LogP contribution in [0.2, 0.25) is 0 Å². The van der Waals surface area contributed by atoms with Crippen LogP contribution >= 0.6 is 0 Å². The van der Waals surface area contributed by atoms with E-state index in [1.165, 1.54) is 25.8 Å². The van der Waals surface area contributed by atoms with Crippen molar-refractivity contribution >= 4 is 0 Å². The Morgan fingerprint density at radius 2 is 2.24 bits per heavy atom. The van der Waals surface area contributed by atoms with Crippen molar-refractivity contribution in [1.82, 2.24) is 14.5 Å². The third kappa shape index (κ3) is 3.54. The van der Waals surface area contributed by atoms with Gasteiger partial charge in [0.1, 0.15) is 0 Å². The Bertz CT molecular complexity index is 309. The van der Waals surface area contributed by atoms with Gasteiger partial charge >= 0.3 is 0 Å². The average molecular weight is 236 g/mol. The van der Waals surface area contributed by atoms with Gasteiger partial charge in [-0.1, -0.05) is 13.3 Å². The van der Waals surface area contributed by atoms with E-state index in [0.717, 1.165) is 19.6 Å². The predicted octanol–water partition coefficient (Wildman–Crippen LogP) is 1.33. The molecule has 2 heterocycles. The van der Waals surface area contributed by atoms with Gasteiger partial charge in [0, 0.05) is 38.1 Å². The fraction of sp³-hybridized carbons (Fsp3) is 0.769. The molecule has 2 atom stereocenters. The third-order valence-electron chi connectivity index (χ3n) is 3.68. The molecular weight excluding hydrogens is 212 g/mol. The highest BCUT2D eigenvalue weighted by atomic mass is 15.2. The number of hydrogen-bond acceptors (Lipinski definition) is 3. The SMILES string of the molecule is CCC[C@H]1CN(CCCn2ccnc2)C[C@@H]1N. The lowest BCUT2D eigenvalue weighted by Gasteiger charge is -2.15. The summed E-state index contributed by atoms with van der Waals surface area (Å²) in [5, 5.41) is 0. The highest BCUT2D eigenvalue weighted by Crippen LogP contribution is 2.20. The van der Waals surface area contributed by atoms with Crippen LogP contribution in [-0.4, -0.2) is 40.1 Å². The summed E-state index contributed by atoms with van der Waals surface area (Å²) < 4.78 is 2.14. The second-order valence-corrected chi connectivity index (χ2v) is 5.13. The first-order valence-electron chi connectivity index (χ1n) is 6.73. The molecule has 0 radical (unpaired) electrons. The van der Waals surface area contributed by atoms with Gasteiger partial charge in [-0.2, -0.15) is 0 Å². The number of nitrogens with zero attached hydrogens (tertiary/aromatic N) is 3. The molecule has 2 N–H and O–H groups in total. The predicted molar refractivity (Wildman–Crippen MR) is 69.7 cm³/mol. The summed E-state index contributed by atoms with van der Waals surface area (Å²) in [5.41, 5.74) is 6.16. The van der Waals surface area contributed by atoms with Crippen LogP contribution in [0.5, 0.6) is 0 Å². The van der Waals surface area contributed by atoms with Gasteiger partial charge in [0.05, 0.1) is 6.33 Å². The summed E-state index contributed by atoms with van der Waals surface area (Å²) in [4.78, 5) is 6.57. The molecular formula is C13H24N4. The number of aryl methyl sites for hydroxylation is 1. The molecule has 0 saturated carbocycles. The maximum Gasteiger partial charge on any atom is 0.0945 e. The summed E-state index contributed by atoms with van der Waals surface area (Å²) in [6.07, 6.45) is 9.45. The van der Waals surface area contributed by atoms with Crippen molar-refractivity contribution < 1.29 is 0 Å². The molecule has 0 aliphatic carbocycles. The Balaban J connectivity index is 1.67. The van der Waals surface area contributed by atoms with Crippen molar-refractivity contribution in [3.8, 4) is 0 Å². The van der Waals surface area contributed by atoms with E-state index in [0.29, 0.717) is 12.0 Å². The van der Waals surface area contributed by atoms with Crippen molar-refractivity contribution in [3.63, 3.8) is 0 Å². The fourth-order valence-electron chi connectivity index (χ4n) is 2.74. The molecule has 1 fully saturated rings. The van der Waals surface area contributed by atoms with Crippen LogP contribution in [0.3, 0.4) is 0 Å². The summed E-state index contributed by atoms with van der Waals surface area (Å²) in [6, 6.07) is 0.392. The van der Waals surface area contributed by atoms with Gasteiger partial charge < -0.3 is 15.2 Å². The minimum Gasteiger partial charge on any atom is -0.337 e. The Morgan fingerprint density at radius 1 is 1.35 bits per heavy atom. The van der Waals surface area contributed by atoms with Crippen molar-refractivity contribution in [1.29, 1.82) is 0 Å². The molecule has 0 unspecified atom stereocenters. The Labute approximate surface area is 104 Å². The number of nitrogens with two attached hydrogens (primary N) is 1. The molecule has 4 heteroatoms. The molecule has 17 heavy (non-hydrogen) atoms. The topological polar surface area (TPSA) is 47.1 Å². The molecule has 96 valence electrons. The van der Waals surface area contributed by atoms with Crippen LogP contribution < -0.4 is 5.73 Å². The molecule has 0 bridgehead atoms. The van der Waals surface area contributed by atoms with E-state index in [-0.39, 0.29) is 0 Å². The highest BCUT2D eigenvalue weighted by Gasteiger charge is 2.28. The van der Waals surface area contributed by atoms with Gasteiger partial charge in [-0.25, -0.2) is 4.98 Å². The number of likely N-dealkylation sites (tertiary alicyclic amines) is 1. The average Bonchev–Trinajstić information content (AvgIpc) is 2.91. The zero-order chi connectivity index (χ0) is 12.1. The van der Waals surface area contributed by atoms with E-state index >= 15 is 0 Å². The van der Waals surface area contributed by atoms with E-state index < -0.39 is 0 Å². The van der Waals surface area contributed by atoms with Crippen LogP contribution in [0.25, 0.3) is 0 Å². The lowest BCUT2D eigenvalue weighted by molar-refractivity contribution is 0.308. The highest BCUT2D eigenvalue weighted by molar-refractivity contribution is 4.86. The summed E-state index contributed by atoms with van der Waals surface area (Å²) in [6.45, 7) is 6.73. The first kappa shape index (κ1) is 12.6. The van der Waals surface area contributed by atoms with Crippen LogP contribution in [0.1, 0.15) is 26.2 Å². The molecule has 0 spiro atoms. The van der Waals surface area contributed by atoms with Gasteiger partial charge in [-0.15, -0.1) is 0 Å². The van der Waals surface area contributed by atoms with Crippen LogP contribution in [-0.2, 0) is 6.54 Å². The Hall–Kier alpha value is -0.870. The van der Waals surface area contributed by atoms with Gasteiger partial charge in [0.25, 0.3) is 0 Å². The van der Waals surface area contributed by atoms with Crippen molar-refractivity contribution in [2.45, 2.75) is 38.8 Å². The lowest BCUT2D eigenvalue weighted by atomic mass is 9.99. The molecule has 2 rings (SSSR count). The maximum absolute atomic E-state index is 6.16. The van der Waals surface area contributed by atoms with Gasteiger partial charge in [-0.3, -0.25) is 0 Å². The van der Waals surface area contributed by atoms with E-state index in [9.17, 15) is 0 Å². The Morgan fingerprint density at radius 3 is 2.94 bits per heavy atom. The van der Waals surface area contributed by atoms with Crippen molar-refractivity contribution in [2.75, 3.05) is 19.6 Å². The van der Waals surface area contributed by atoms with Gasteiger partial charge in [0.2, 0.25) is 0 Å². The van der Waals surface area contributed by atoms with Crippen molar-refractivity contribution in [2.24, 2.45) is 11.7 Å². The number of aromatic nitrogens is 2. The number of rotatable bonds is 6. The summed E-state index contributed by atoms with van der Waals surface area (Å²) >= 11 is 0. The smallest absolute Gasteiger partial charge is 0.0945 e. The molecule has 1 aromatic rings. The first-order chi connectivity index (χ1) is 8.29. The maximum atomic E-state index is 6.16. The molecule has 0 amide bonds.